The minimum absolute atomic E-state index is 0.0422. The first kappa shape index (κ1) is 19.6. The molecule has 0 aliphatic rings. The maximum Gasteiger partial charge on any atom is 0.262 e. The first-order valence-electron chi connectivity index (χ1n) is 7.24. The predicted molar refractivity (Wildman–Crippen MR) is 93.7 cm³/mol. The summed E-state index contributed by atoms with van der Waals surface area (Å²) in [6.07, 6.45) is -0.646. The van der Waals surface area contributed by atoms with Crippen LogP contribution in [0.3, 0.4) is 0 Å². The number of hydrogen-bond donors (Lipinski definition) is 2. The summed E-state index contributed by atoms with van der Waals surface area (Å²) in [5.41, 5.74) is 1.75. The van der Waals surface area contributed by atoms with Crippen molar-refractivity contribution in [2.75, 3.05) is 0 Å². The van der Waals surface area contributed by atoms with Crippen molar-refractivity contribution < 1.29 is 10.1 Å². The van der Waals surface area contributed by atoms with Crippen LogP contribution in [0, 0.1) is 0 Å². The largest absolute Gasteiger partial charge is 0.321 e. The van der Waals surface area contributed by atoms with Gasteiger partial charge in [-0.25, -0.2) is 0 Å². The number of rotatable bonds is 4. The van der Waals surface area contributed by atoms with Crippen LogP contribution in [0.15, 0.2) is 24.3 Å². The van der Waals surface area contributed by atoms with E-state index >= 15 is 0 Å². The summed E-state index contributed by atoms with van der Waals surface area (Å²) in [6.45, 7) is 10.3. The Bertz CT molecular complexity index is 502. The standard InChI is InChI=1S/C16H23Cl3N2O/c1-10(2)20-14(16(17,18)19)21-13(22)11-6-8-12(9-7-11)15(3,4)5/h6-10,14,20H,1-5H3,(H,21,22)/p+1/t14-/m0/s1. The quantitative estimate of drug-likeness (QED) is 0.623. The third kappa shape index (κ3) is 5.96. The highest BCUT2D eigenvalue weighted by atomic mass is 35.6. The number of nitrogens with one attached hydrogen (secondary N) is 1. The van der Waals surface area contributed by atoms with Gasteiger partial charge in [-0.3, -0.25) is 10.1 Å². The Balaban J connectivity index is 2.86. The van der Waals surface area contributed by atoms with Crippen molar-refractivity contribution in [3.63, 3.8) is 0 Å². The fourth-order valence-electron chi connectivity index (χ4n) is 1.97. The summed E-state index contributed by atoms with van der Waals surface area (Å²) in [7, 11) is 0. The Morgan fingerprint density at radius 3 is 1.95 bits per heavy atom. The van der Waals surface area contributed by atoms with Crippen molar-refractivity contribution in [1.29, 1.82) is 0 Å². The Morgan fingerprint density at radius 2 is 1.59 bits per heavy atom. The SMILES string of the molecule is CC(C)[NH2+][C@@H](NC(=O)c1ccc(C(C)(C)C)cc1)C(Cl)(Cl)Cl. The molecule has 1 aromatic rings. The maximum atomic E-state index is 12.3. The van der Waals surface area contributed by atoms with E-state index < -0.39 is 9.96 Å². The molecule has 0 spiro atoms. The summed E-state index contributed by atoms with van der Waals surface area (Å²) >= 11 is 17.8. The van der Waals surface area contributed by atoms with Crippen LogP contribution < -0.4 is 10.6 Å². The Morgan fingerprint density at radius 1 is 1.09 bits per heavy atom. The van der Waals surface area contributed by atoms with E-state index in [-0.39, 0.29) is 17.4 Å². The van der Waals surface area contributed by atoms with Crippen LogP contribution in [0.2, 0.25) is 0 Å². The zero-order valence-electron chi connectivity index (χ0n) is 13.6. The minimum atomic E-state index is -1.58. The van der Waals surface area contributed by atoms with E-state index in [9.17, 15) is 4.79 Å². The average Bonchev–Trinajstić information content (AvgIpc) is 2.35. The van der Waals surface area contributed by atoms with E-state index in [1.165, 1.54) is 0 Å². The maximum absolute atomic E-state index is 12.3. The summed E-state index contributed by atoms with van der Waals surface area (Å²) in [4.78, 5) is 12.3. The monoisotopic (exact) mass is 365 g/mol. The number of carbonyl (C=O) groups excluding carboxylic acids is 1. The molecule has 0 unspecified atom stereocenters. The first-order valence-corrected chi connectivity index (χ1v) is 8.38. The molecule has 3 nitrogen and oxygen atoms in total. The number of carbonyl (C=O) groups is 1. The highest BCUT2D eigenvalue weighted by molar-refractivity contribution is 6.68. The fraction of sp³-hybridized carbons (Fsp3) is 0.562. The van der Waals surface area contributed by atoms with Gasteiger partial charge in [0.25, 0.3) is 9.70 Å². The van der Waals surface area contributed by atoms with E-state index in [0.717, 1.165) is 5.56 Å². The van der Waals surface area contributed by atoms with Gasteiger partial charge in [-0.15, -0.1) is 0 Å². The normalized spacial score (nSPS) is 14.0. The van der Waals surface area contributed by atoms with Gasteiger partial charge < -0.3 is 5.32 Å². The lowest BCUT2D eigenvalue weighted by Gasteiger charge is -2.25. The van der Waals surface area contributed by atoms with E-state index in [1.54, 1.807) is 12.1 Å². The molecule has 0 bridgehead atoms. The van der Waals surface area contributed by atoms with Crippen LogP contribution in [-0.4, -0.2) is 21.9 Å². The molecule has 3 N–H and O–H groups in total. The molecule has 0 heterocycles. The van der Waals surface area contributed by atoms with Crippen LogP contribution in [0.1, 0.15) is 50.5 Å². The minimum Gasteiger partial charge on any atom is -0.321 e. The number of benzene rings is 1. The lowest BCUT2D eigenvalue weighted by atomic mass is 9.87. The highest BCUT2D eigenvalue weighted by Gasteiger charge is 2.38. The van der Waals surface area contributed by atoms with Gasteiger partial charge >= 0.3 is 0 Å². The van der Waals surface area contributed by atoms with Crippen LogP contribution >= 0.6 is 34.8 Å². The van der Waals surface area contributed by atoms with Gasteiger partial charge in [0.15, 0.2) is 0 Å². The molecule has 1 rings (SSSR count). The van der Waals surface area contributed by atoms with Crippen LogP contribution in [0.5, 0.6) is 0 Å². The molecular weight excluding hydrogens is 343 g/mol. The number of amides is 1. The molecule has 0 saturated heterocycles. The van der Waals surface area contributed by atoms with Crippen molar-refractivity contribution in [1.82, 2.24) is 5.32 Å². The second kappa shape index (κ2) is 7.39. The molecule has 22 heavy (non-hydrogen) atoms. The zero-order valence-corrected chi connectivity index (χ0v) is 15.9. The molecule has 1 amide bonds. The second-order valence-electron chi connectivity index (χ2n) is 6.76. The summed E-state index contributed by atoms with van der Waals surface area (Å²) < 4.78 is -1.58. The van der Waals surface area contributed by atoms with E-state index in [4.69, 9.17) is 34.8 Å². The van der Waals surface area contributed by atoms with Gasteiger partial charge in [-0.1, -0.05) is 67.7 Å². The number of hydrogen-bond acceptors (Lipinski definition) is 1. The molecule has 124 valence electrons. The van der Waals surface area contributed by atoms with Crippen LogP contribution in [-0.2, 0) is 5.41 Å². The van der Waals surface area contributed by atoms with E-state index in [2.05, 4.69) is 26.1 Å². The van der Waals surface area contributed by atoms with E-state index in [0.29, 0.717) is 5.56 Å². The van der Waals surface area contributed by atoms with Crippen LogP contribution in [0.4, 0.5) is 0 Å². The molecule has 6 heteroatoms. The van der Waals surface area contributed by atoms with Crippen molar-refractivity contribution in [3.05, 3.63) is 35.4 Å². The summed E-state index contributed by atoms with van der Waals surface area (Å²) in [5.74, 6) is -0.256. The molecule has 0 fully saturated rings. The number of halogens is 3. The zero-order chi connectivity index (χ0) is 17.1. The van der Waals surface area contributed by atoms with Gasteiger partial charge in [-0.05, 0) is 37.0 Å². The van der Waals surface area contributed by atoms with Crippen molar-refractivity contribution in [2.24, 2.45) is 0 Å². The average molecular weight is 367 g/mol. The summed E-state index contributed by atoms with van der Waals surface area (Å²) in [6, 6.07) is 7.67. The molecule has 1 aromatic carbocycles. The molecule has 1 atom stereocenters. The second-order valence-corrected chi connectivity index (χ2v) is 9.13. The molecule has 0 saturated carbocycles. The van der Waals surface area contributed by atoms with Gasteiger partial charge in [-0.2, -0.15) is 0 Å². The predicted octanol–water partition coefficient (Wildman–Crippen LogP) is 3.38. The number of quaternary nitrogens is 1. The van der Waals surface area contributed by atoms with Crippen molar-refractivity contribution >= 4 is 40.7 Å². The third-order valence-electron chi connectivity index (χ3n) is 3.23. The van der Waals surface area contributed by atoms with Crippen LogP contribution in [0.25, 0.3) is 0 Å². The number of nitrogens with two attached hydrogens (primary N) is 1. The molecule has 0 radical (unpaired) electrons. The van der Waals surface area contributed by atoms with Crippen molar-refractivity contribution in [3.8, 4) is 0 Å². The van der Waals surface area contributed by atoms with Gasteiger partial charge in [0.2, 0.25) is 6.17 Å². The molecular formula is C16H24Cl3N2O+. The Kier molecular flexibility index (Phi) is 6.58. The van der Waals surface area contributed by atoms with Gasteiger partial charge in [0, 0.05) is 5.56 Å². The van der Waals surface area contributed by atoms with Crippen molar-refractivity contribution in [2.45, 2.75) is 56.0 Å². The Labute approximate surface area is 147 Å². The smallest absolute Gasteiger partial charge is 0.262 e. The fourth-order valence-corrected chi connectivity index (χ4v) is 2.35. The highest BCUT2D eigenvalue weighted by Crippen LogP contribution is 2.28. The lowest BCUT2D eigenvalue weighted by Crippen LogP contribution is -2.99. The van der Waals surface area contributed by atoms with E-state index in [1.807, 2.05) is 31.3 Å². The molecule has 0 aromatic heterocycles. The van der Waals surface area contributed by atoms with Gasteiger partial charge in [0.1, 0.15) is 0 Å². The Hall–Kier alpha value is -0.480. The molecule has 0 aliphatic heterocycles. The summed E-state index contributed by atoms with van der Waals surface area (Å²) in [5, 5.41) is 4.59. The third-order valence-corrected chi connectivity index (χ3v) is 3.93. The van der Waals surface area contributed by atoms with Gasteiger partial charge in [0.05, 0.1) is 6.04 Å². The first-order chi connectivity index (χ1) is 9.91. The lowest BCUT2D eigenvalue weighted by molar-refractivity contribution is -0.717. The topological polar surface area (TPSA) is 45.7 Å². The number of alkyl halides is 3. The molecule has 0 aliphatic carbocycles.